The summed E-state index contributed by atoms with van der Waals surface area (Å²) >= 11 is 8.48. The summed E-state index contributed by atoms with van der Waals surface area (Å²) in [6.07, 6.45) is 2.08. The average Bonchev–Trinajstić information content (AvgIpc) is 1.68. The Kier molecular flexibility index (Phi) is 19.7. The van der Waals surface area contributed by atoms with Gasteiger partial charge in [-0.1, -0.05) is 68.8 Å². The number of amides is 8. The standard InChI is InChI=1S/C61H74ClN10O14PS/c1-33-52(88-32-64-33)36-12-15-39(16-13-36)61(23-24-61)69-56(79)47-28-42(74)29-71(47)58(81)53(60(3,4)5)68-50(76)11-7-9-35-8-6-10-48(51(35)62)86-31-40(17-21-49(63)75)65-55(78)46-20-18-41-22-25-70(34(2)73)30-45(57(80)72(41)46)67-54(77)44-27-38-26-37(14-19-43(38)66-44)59(82)87(83,84)85/h6,8,10,12-16,19,26-27,32,40-42,45-47,53,66,74H,7,9,11,17-18,20-25,28-31H2,1-5H3,(H2,63,75)(H,65,78)(H,67,77)(H,68,76)(H,69,79)(H2,83,84,85)/t40-,41+,42+,45-,46-,47-,53+/m0/s1. The number of aromatic nitrogens is 2. The number of nitrogens with one attached hydrogen (secondary N) is 5. The zero-order valence-corrected chi connectivity index (χ0v) is 52.0. The number of halogens is 1. The number of benzene rings is 3. The second-order valence-corrected chi connectivity index (χ2v) is 27.1. The van der Waals surface area contributed by atoms with E-state index in [1.165, 1.54) is 45.9 Å². The van der Waals surface area contributed by atoms with Gasteiger partial charge in [-0.15, -0.1) is 11.3 Å². The zero-order chi connectivity index (χ0) is 63.6. The lowest BCUT2D eigenvalue weighted by molar-refractivity contribution is -0.145. The molecule has 7 atom stereocenters. The number of carbonyl (C=O) groups is 9. The van der Waals surface area contributed by atoms with Crippen molar-refractivity contribution in [2.24, 2.45) is 11.1 Å². The molecule has 5 aromatic rings. The van der Waals surface area contributed by atoms with Crippen LogP contribution in [0.15, 0.2) is 72.2 Å². The summed E-state index contributed by atoms with van der Waals surface area (Å²) in [4.78, 5) is 154. The number of nitrogens with zero attached hydrogens (tertiary/aromatic N) is 4. The molecule has 0 unspecified atom stereocenters. The average molecular weight is 1270 g/mol. The number of carbonyl (C=O) groups excluding carboxylic acids is 9. The van der Waals surface area contributed by atoms with Crippen LogP contribution in [0.3, 0.4) is 0 Å². The lowest BCUT2D eigenvalue weighted by atomic mass is 9.85. The van der Waals surface area contributed by atoms with Crippen LogP contribution >= 0.6 is 30.5 Å². The first-order valence-corrected chi connectivity index (χ1v) is 32.2. The number of aromatic amines is 1. The predicted octanol–water partition coefficient (Wildman–Crippen LogP) is 4.73. The molecule has 27 heteroatoms. The summed E-state index contributed by atoms with van der Waals surface area (Å²) in [6, 6.07) is 12.6. The van der Waals surface area contributed by atoms with Crippen molar-refractivity contribution in [2.45, 2.75) is 153 Å². The van der Waals surface area contributed by atoms with Gasteiger partial charge in [-0.25, -0.2) is 4.98 Å². The number of aryl methyl sites for hydroxylation is 2. The van der Waals surface area contributed by atoms with Crippen molar-refractivity contribution in [1.82, 2.24) is 45.9 Å². The van der Waals surface area contributed by atoms with E-state index in [4.69, 9.17) is 22.1 Å². The number of primary amides is 1. The lowest BCUT2D eigenvalue weighted by Gasteiger charge is -2.38. The molecule has 4 fully saturated rings. The van der Waals surface area contributed by atoms with E-state index >= 15 is 0 Å². The van der Waals surface area contributed by atoms with Gasteiger partial charge in [0.05, 0.1) is 38.8 Å². The number of ether oxygens (including phenoxy) is 1. The summed E-state index contributed by atoms with van der Waals surface area (Å²) in [7, 11) is -5.10. The van der Waals surface area contributed by atoms with Crippen LogP contribution in [0.4, 0.5) is 0 Å². The van der Waals surface area contributed by atoms with Gasteiger partial charge in [-0.3, -0.25) is 47.7 Å². The number of hydrogen-bond donors (Lipinski definition) is 9. The van der Waals surface area contributed by atoms with E-state index in [9.17, 15) is 62.6 Å². The minimum absolute atomic E-state index is 0.00320. The molecule has 0 spiro atoms. The smallest absolute Gasteiger partial charge is 0.396 e. The van der Waals surface area contributed by atoms with Gasteiger partial charge >= 0.3 is 7.60 Å². The Labute approximate surface area is 517 Å². The van der Waals surface area contributed by atoms with E-state index in [1.54, 1.807) is 35.0 Å². The van der Waals surface area contributed by atoms with Crippen LogP contribution in [0.5, 0.6) is 5.75 Å². The van der Waals surface area contributed by atoms with Crippen molar-refractivity contribution in [3.63, 3.8) is 0 Å². The molecular weight excluding hydrogens is 1200 g/mol. The van der Waals surface area contributed by atoms with Crippen molar-refractivity contribution < 1.29 is 67.3 Å². The third-order valence-electron chi connectivity index (χ3n) is 16.9. The maximum absolute atomic E-state index is 14.6. The molecule has 3 aliphatic heterocycles. The number of aliphatic hydroxyl groups is 1. The Hall–Kier alpha value is -7.54. The molecule has 9 rings (SSSR count). The molecule has 3 saturated heterocycles. The van der Waals surface area contributed by atoms with Gasteiger partial charge in [0.1, 0.15) is 42.2 Å². The van der Waals surface area contributed by atoms with Crippen molar-refractivity contribution >= 4 is 94.2 Å². The largest absolute Gasteiger partial charge is 0.490 e. The molecule has 10 N–H and O–H groups in total. The Bertz CT molecular complexity index is 3580. The van der Waals surface area contributed by atoms with Crippen LogP contribution in [-0.4, -0.2) is 161 Å². The second kappa shape index (κ2) is 26.7. The second-order valence-electron chi connectivity index (χ2n) is 24.4. The predicted molar refractivity (Wildman–Crippen MR) is 326 cm³/mol. The van der Waals surface area contributed by atoms with Crippen LogP contribution in [-0.2, 0) is 50.1 Å². The van der Waals surface area contributed by atoms with Gasteiger partial charge in [0.15, 0.2) is 0 Å². The normalized spacial score (nSPS) is 20.7. The summed E-state index contributed by atoms with van der Waals surface area (Å²) in [5, 5.41) is 23.1. The van der Waals surface area contributed by atoms with Gasteiger partial charge in [0.25, 0.3) is 11.4 Å². The van der Waals surface area contributed by atoms with Crippen LogP contribution < -0.4 is 31.7 Å². The fourth-order valence-electron chi connectivity index (χ4n) is 11.9. The van der Waals surface area contributed by atoms with Gasteiger partial charge < -0.3 is 66.3 Å². The highest BCUT2D eigenvalue weighted by Gasteiger charge is 2.51. The monoisotopic (exact) mass is 1270 g/mol. The number of likely N-dealkylation sites (tertiary alicyclic amines) is 1. The topological polar surface area (TPSA) is 353 Å². The molecule has 5 heterocycles. The number of thiazole rings is 1. The summed E-state index contributed by atoms with van der Waals surface area (Å²) < 4.78 is 17.8. The number of rotatable bonds is 22. The molecule has 470 valence electrons. The molecule has 8 amide bonds. The first kappa shape index (κ1) is 64.9. The van der Waals surface area contributed by atoms with Gasteiger partial charge in [0, 0.05) is 68.3 Å². The quantitative estimate of drug-likeness (QED) is 0.0423. The van der Waals surface area contributed by atoms with Crippen molar-refractivity contribution in [3.8, 4) is 16.2 Å². The molecule has 0 radical (unpaired) electrons. The number of hydrogen-bond acceptors (Lipinski definition) is 14. The number of fused-ring (bicyclic) bond motifs is 2. The van der Waals surface area contributed by atoms with E-state index in [2.05, 4.69) is 31.2 Å². The Balaban J connectivity index is 0.802. The van der Waals surface area contributed by atoms with Crippen LogP contribution in [0, 0.1) is 12.3 Å². The van der Waals surface area contributed by atoms with Gasteiger partial charge in [-0.05, 0) is 111 Å². The van der Waals surface area contributed by atoms with E-state index in [0.717, 1.165) is 34.5 Å². The Morgan fingerprint density at radius 3 is 2.34 bits per heavy atom. The fraction of sp³-hybridized carbons (Fsp3) is 0.475. The number of H-pyrrole nitrogens is 1. The number of β-amino-alcohol motifs (C(OH)–C–C–N with tert-alkyl or cyclic N) is 1. The van der Waals surface area contributed by atoms with Crippen LogP contribution in [0.25, 0.3) is 21.3 Å². The minimum Gasteiger partial charge on any atom is -0.490 e. The van der Waals surface area contributed by atoms with Crippen LogP contribution in [0.1, 0.15) is 130 Å². The summed E-state index contributed by atoms with van der Waals surface area (Å²) in [5.74, 6) is -3.93. The third-order valence-corrected chi connectivity index (χ3v) is 19.1. The maximum atomic E-state index is 14.6. The number of nitrogens with two attached hydrogens (primary N) is 1. The molecule has 1 aliphatic carbocycles. The molecule has 0 bridgehead atoms. The zero-order valence-electron chi connectivity index (χ0n) is 49.5. The van der Waals surface area contributed by atoms with Gasteiger partial charge in [-0.2, -0.15) is 0 Å². The molecule has 3 aromatic carbocycles. The van der Waals surface area contributed by atoms with E-state index in [1.807, 2.05) is 52.0 Å². The highest BCUT2D eigenvalue weighted by atomic mass is 35.5. The maximum Gasteiger partial charge on any atom is 0.396 e. The molecule has 1 saturated carbocycles. The van der Waals surface area contributed by atoms with Crippen molar-refractivity contribution in [3.05, 3.63) is 105 Å². The highest BCUT2D eigenvalue weighted by molar-refractivity contribution is 7.70. The Morgan fingerprint density at radius 2 is 1.68 bits per heavy atom. The van der Waals surface area contributed by atoms with E-state index in [0.29, 0.717) is 36.8 Å². The van der Waals surface area contributed by atoms with Crippen LogP contribution in [0.2, 0.25) is 5.02 Å². The minimum atomic E-state index is -5.10. The third kappa shape index (κ3) is 14.9. The van der Waals surface area contributed by atoms with Gasteiger partial charge in [0.2, 0.25) is 41.4 Å². The van der Waals surface area contributed by atoms with Crippen molar-refractivity contribution in [2.75, 3.05) is 26.2 Å². The molecule has 2 aromatic heterocycles. The van der Waals surface area contributed by atoms with Crippen molar-refractivity contribution in [1.29, 1.82) is 0 Å². The van der Waals surface area contributed by atoms with E-state index in [-0.39, 0.29) is 97.6 Å². The summed E-state index contributed by atoms with van der Waals surface area (Å²) in [6.45, 7) is 8.50. The first-order chi connectivity index (χ1) is 41.6. The SMILES string of the molecule is CC(=O)N1CC[C@H]2CC[C@@H](C(=O)N[C@@H](CCC(N)=O)COc3cccc(CCCC(=O)N[C@H](C(=O)N4C[C@H](O)C[C@H]4C(=O)NC4(c5ccc(-c6scnc6C)cc5)CC4)C(C)(C)C)c3Cl)N2C(=O)[C@@H](NC(=O)c2cc3cc(C(=O)P(=O)(O)O)ccc3[nH]2)C1. The Morgan fingerprint density at radius 1 is 0.943 bits per heavy atom. The fourth-order valence-corrected chi connectivity index (χ4v) is 13.5. The number of aliphatic hydroxyl groups excluding tert-OH is 1. The molecule has 88 heavy (non-hydrogen) atoms. The molecule has 24 nitrogen and oxygen atoms in total. The summed E-state index contributed by atoms with van der Waals surface area (Å²) in [5.41, 5.74) is 8.17. The van der Waals surface area contributed by atoms with E-state index < -0.39 is 102 Å². The molecular formula is C61H74ClN10O14PS. The first-order valence-electron chi connectivity index (χ1n) is 29.3. The molecule has 4 aliphatic rings. The lowest BCUT2D eigenvalue weighted by Crippen LogP contribution is -2.61. The highest BCUT2D eigenvalue weighted by Crippen LogP contribution is 2.47.